The Labute approximate surface area is 133 Å². The summed E-state index contributed by atoms with van der Waals surface area (Å²) in [7, 11) is 1.78. The maximum atomic E-state index is 5.15. The topological polar surface area (TPSA) is 24.5 Å². The molecule has 1 aliphatic rings. The zero-order valence-corrected chi connectivity index (χ0v) is 14.3. The van der Waals surface area contributed by atoms with Gasteiger partial charge in [0.05, 0.1) is 6.61 Å². The maximum absolute atomic E-state index is 5.15. The highest BCUT2D eigenvalue weighted by molar-refractivity contribution is 7.98. The first kappa shape index (κ1) is 16.8. The summed E-state index contributed by atoms with van der Waals surface area (Å²) in [4.78, 5) is 3.90. The van der Waals surface area contributed by atoms with E-state index in [1.165, 1.54) is 42.0 Å². The molecule has 0 amide bonds. The number of aryl methyl sites for hydroxylation is 1. The highest BCUT2D eigenvalue weighted by Crippen LogP contribution is 2.22. The van der Waals surface area contributed by atoms with Crippen molar-refractivity contribution in [2.24, 2.45) is 0 Å². The Morgan fingerprint density at radius 2 is 2.10 bits per heavy atom. The molecule has 1 saturated heterocycles. The number of piperidine rings is 1. The Morgan fingerprint density at radius 3 is 2.76 bits per heavy atom. The molecule has 21 heavy (non-hydrogen) atoms. The van der Waals surface area contributed by atoms with Crippen LogP contribution >= 0.6 is 11.8 Å². The molecule has 0 unspecified atom stereocenters. The van der Waals surface area contributed by atoms with E-state index in [9.17, 15) is 0 Å². The number of benzene rings is 1. The first-order chi connectivity index (χ1) is 10.2. The lowest BCUT2D eigenvalue weighted by atomic mass is 10.0. The van der Waals surface area contributed by atoms with Gasteiger partial charge in [0.15, 0.2) is 0 Å². The highest BCUT2D eigenvalue weighted by atomic mass is 32.2. The molecule has 0 aromatic heterocycles. The lowest BCUT2D eigenvalue weighted by Crippen LogP contribution is -2.43. The van der Waals surface area contributed by atoms with Crippen molar-refractivity contribution in [1.82, 2.24) is 10.2 Å². The quantitative estimate of drug-likeness (QED) is 0.783. The fraction of sp³-hybridized carbons (Fsp3) is 0.647. The number of hydrogen-bond acceptors (Lipinski definition) is 4. The van der Waals surface area contributed by atoms with Gasteiger partial charge in [-0.2, -0.15) is 0 Å². The number of likely N-dealkylation sites (tertiary alicyclic amines) is 1. The van der Waals surface area contributed by atoms with Gasteiger partial charge in [0.1, 0.15) is 0 Å². The summed E-state index contributed by atoms with van der Waals surface area (Å²) in [5.41, 5.74) is 2.77. The minimum atomic E-state index is 0.653. The third kappa shape index (κ3) is 5.29. The van der Waals surface area contributed by atoms with Gasteiger partial charge >= 0.3 is 0 Å². The van der Waals surface area contributed by atoms with Crippen LogP contribution in [0.1, 0.15) is 24.0 Å². The van der Waals surface area contributed by atoms with E-state index in [0.717, 1.165) is 19.7 Å². The van der Waals surface area contributed by atoms with Crippen LogP contribution in [0.15, 0.2) is 23.1 Å². The number of nitrogens with one attached hydrogen (secondary N) is 1. The number of nitrogens with zero attached hydrogens (tertiary/aromatic N) is 1. The third-order valence-electron chi connectivity index (χ3n) is 4.22. The summed E-state index contributed by atoms with van der Waals surface area (Å²) < 4.78 is 5.15. The van der Waals surface area contributed by atoms with Gasteiger partial charge in [-0.15, -0.1) is 11.8 Å². The minimum Gasteiger partial charge on any atom is -0.383 e. The Balaban J connectivity index is 1.77. The lowest BCUT2D eigenvalue weighted by molar-refractivity contribution is 0.126. The van der Waals surface area contributed by atoms with Crippen LogP contribution in [0.3, 0.4) is 0 Å². The Bertz CT molecular complexity index is 431. The average molecular weight is 308 g/mol. The first-order valence-corrected chi connectivity index (χ1v) is 9.03. The van der Waals surface area contributed by atoms with Crippen LogP contribution < -0.4 is 5.32 Å². The van der Waals surface area contributed by atoms with E-state index in [1.807, 2.05) is 11.8 Å². The molecule has 1 N–H and O–H groups in total. The summed E-state index contributed by atoms with van der Waals surface area (Å²) >= 11 is 1.84. The van der Waals surface area contributed by atoms with Crippen LogP contribution in [-0.4, -0.2) is 50.5 Å². The van der Waals surface area contributed by atoms with Crippen molar-refractivity contribution in [2.45, 2.75) is 37.2 Å². The van der Waals surface area contributed by atoms with Gasteiger partial charge < -0.3 is 15.0 Å². The second-order valence-electron chi connectivity index (χ2n) is 5.80. The van der Waals surface area contributed by atoms with Gasteiger partial charge in [0.25, 0.3) is 0 Å². The van der Waals surface area contributed by atoms with Crippen molar-refractivity contribution in [3.05, 3.63) is 29.3 Å². The fourth-order valence-electron chi connectivity index (χ4n) is 2.83. The minimum absolute atomic E-state index is 0.653. The molecule has 2 rings (SSSR count). The van der Waals surface area contributed by atoms with Crippen molar-refractivity contribution in [2.75, 3.05) is 39.6 Å². The second kappa shape index (κ2) is 8.79. The van der Waals surface area contributed by atoms with Gasteiger partial charge in [-0.25, -0.2) is 0 Å². The maximum Gasteiger partial charge on any atom is 0.0589 e. The van der Waals surface area contributed by atoms with E-state index in [4.69, 9.17) is 4.74 Å². The van der Waals surface area contributed by atoms with E-state index in [0.29, 0.717) is 6.04 Å². The summed E-state index contributed by atoms with van der Waals surface area (Å²) in [5.74, 6) is 0. The molecule has 3 nitrogen and oxygen atoms in total. The molecule has 1 aromatic rings. The zero-order valence-electron chi connectivity index (χ0n) is 13.5. The molecule has 0 saturated carbocycles. The molecule has 0 aliphatic carbocycles. The summed E-state index contributed by atoms with van der Waals surface area (Å²) in [6.45, 7) is 7.43. The lowest BCUT2D eigenvalue weighted by Gasteiger charge is -2.32. The normalized spacial score (nSPS) is 17.3. The Morgan fingerprint density at radius 1 is 1.33 bits per heavy atom. The molecule has 0 spiro atoms. The summed E-state index contributed by atoms with van der Waals surface area (Å²) in [5, 5.41) is 3.74. The number of ether oxygens (including phenoxy) is 1. The van der Waals surface area contributed by atoms with Crippen LogP contribution in [0.2, 0.25) is 0 Å². The highest BCUT2D eigenvalue weighted by Gasteiger charge is 2.18. The van der Waals surface area contributed by atoms with Crippen LogP contribution in [0, 0.1) is 6.92 Å². The second-order valence-corrected chi connectivity index (χ2v) is 6.65. The number of thioether (sulfide) groups is 1. The molecule has 1 aromatic carbocycles. The first-order valence-electron chi connectivity index (χ1n) is 7.81. The predicted molar refractivity (Wildman–Crippen MR) is 91.1 cm³/mol. The van der Waals surface area contributed by atoms with E-state index < -0.39 is 0 Å². The van der Waals surface area contributed by atoms with E-state index >= 15 is 0 Å². The standard InChI is InChI=1S/C17H28N2OS/c1-14-4-5-15(17(12-14)21-3)13-18-16-6-8-19(9-7-16)10-11-20-2/h4-5,12,16,18H,6-11,13H2,1-3H3. The van der Waals surface area contributed by atoms with E-state index in [2.05, 4.69) is 41.6 Å². The Hall–Kier alpha value is -0.550. The number of rotatable bonds is 7. The summed E-state index contributed by atoms with van der Waals surface area (Å²) in [6, 6.07) is 7.42. The van der Waals surface area contributed by atoms with Gasteiger partial charge in [0.2, 0.25) is 0 Å². The van der Waals surface area contributed by atoms with Crippen molar-refractivity contribution >= 4 is 11.8 Å². The van der Waals surface area contributed by atoms with E-state index in [1.54, 1.807) is 7.11 Å². The summed E-state index contributed by atoms with van der Waals surface area (Å²) in [6.07, 6.45) is 4.64. The van der Waals surface area contributed by atoms with Gasteiger partial charge in [-0.05, 0) is 56.3 Å². The molecule has 1 fully saturated rings. The van der Waals surface area contributed by atoms with E-state index in [-0.39, 0.29) is 0 Å². The number of hydrogen-bond donors (Lipinski definition) is 1. The van der Waals surface area contributed by atoms with Crippen LogP contribution in [0.4, 0.5) is 0 Å². The fourth-order valence-corrected chi connectivity index (χ4v) is 3.54. The van der Waals surface area contributed by atoms with Gasteiger partial charge in [-0.3, -0.25) is 0 Å². The van der Waals surface area contributed by atoms with Crippen LogP contribution in [0.5, 0.6) is 0 Å². The molecular weight excluding hydrogens is 280 g/mol. The smallest absolute Gasteiger partial charge is 0.0589 e. The van der Waals surface area contributed by atoms with Crippen molar-refractivity contribution in [1.29, 1.82) is 0 Å². The number of methoxy groups -OCH3 is 1. The average Bonchev–Trinajstić information content (AvgIpc) is 2.52. The van der Waals surface area contributed by atoms with Crippen molar-refractivity contribution in [3.63, 3.8) is 0 Å². The molecule has 0 radical (unpaired) electrons. The van der Waals surface area contributed by atoms with Crippen molar-refractivity contribution in [3.8, 4) is 0 Å². The third-order valence-corrected chi connectivity index (χ3v) is 5.04. The predicted octanol–water partition coefficient (Wildman–Crippen LogP) is 2.92. The van der Waals surface area contributed by atoms with Crippen LogP contribution in [-0.2, 0) is 11.3 Å². The Kier molecular flexibility index (Phi) is 7.04. The SMILES string of the molecule is COCCN1CCC(NCc2ccc(C)cc2SC)CC1. The van der Waals surface area contributed by atoms with Gasteiger partial charge in [-0.1, -0.05) is 12.1 Å². The zero-order chi connectivity index (χ0) is 15.1. The monoisotopic (exact) mass is 308 g/mol. The molecule has 1 heterocycles. The van der Waals surface area contributed by atoms with Crippen molar-refractivity contribution < 1.29 is 4.74 Å². The molecular formula is C17H28N2OS. The molecule has 0 bridgehead atoms. The molecule has 1 aliphatic heterocycles. The largest absolute Gasteiger partial charge is 0.383 e. The molecule has 0 atom stereocenters. The van der Waals surface area contributed by atoms with Crippen LogP contribution in [0.25, 0.3) is 0 Å². The van der Waals surface area contributed by atoms with Gasteiger partial charge in [0, 0.05) is 31.1 Å². The molecule has 4 heteroatoms. The molecule has 118 valence electrons.